The van der Waals surface area contributed by atoms with Crippen molar-refractivity contribution >= 4 is 16.7 Å². The van der Waals surface area contributed by atoms with Gasteiger partial charge in [0.2, 0.25) is 0 Å². The smallest absolute Gasteiger partial charge is 0.162 e. The van der Waals surface area contributed by atoms with Gasteiger partial charge < -0.3 is 15.0 Å². The average molecular weight is 343 g/mol. The van der Waals surface area contributed by atoms with E-state index in [0.717, 1.165) is 41.8 Å². The summed E-state index contributed by atoms with van der Waals surface area (Å²) in [6.45, 7) is 3.75. The van der Waals surface area contributed by atoms with Crippen molar-refractivity contribution in [3.8, 4) is 5.75 Å². The number of ether oxygens (including phenoxy) is 1. The molecule has 0 aliphatic heterocycles. The maximum atomic E-state index is 13.5. The van der Waals surface area contributed by atoms with E-state index in [4.69, 9.17) is 15.5 Å². The number of hydrogen-bond donors (Lipinski definition) is 1. The molecule has 1 saturated carbocycles. The average Bonchev–Trinajstić information content (AvgIpc) is 3.31. The summed E-state index contributed by atoms with van der Waals surface area (Å²) in [6, 6.07) is 9.58. The van der Waals surface area contributed by atoms with Gasteiger partial charge in [0.05, 0.1) is 11.0 Å². The van der Waals surface area contributed by atoms with Gasteiger partial charge in [0.1, 0.15) is 5.75 Å². The first-order chi connectivity index (χ1) is 11.8. The molecule has 4 nitrogen and oxygen atoms in total. The lowest BCUT2D eigenvalue weighted by molar-refractivity contribution is 0.0940. The summed E-state index contributed by atoms with van der Waals surface area (Å²) in [5.74, 6) is -0.819. The summed E-state index contributed by atoms with van der Waals surface area (Å²) in [5.41, 5.74) is 7.53. The van der Waals surface area contributed by atoms with Crippen molar-refractivity contribution in [1.29, 1.82) is 0 Å². The van der Waals surface area contributed by atoms with E-state index in [-0.39, 0.29) is 5.75 Å². The van der Waals surface area contributed by atoms with Crippen LogP contribution in [-0.2, 0) is 5.60 Å². The number of aromatic nitrogens is 2. The zero-order valence-electron chi connectivity index (χ0n) is 14.1. The highest BCUT2D eigenvalue weighted by Gasteiger charge is 2.36. The van der Waals surface area contributed by atoms with Crippen LogP contribution >= 0.6 is 0 Å². The second kappa shape index (κ2) is 5.44. The van der Waals surface area contributed by atoms with Crippen molar-refractivity contribution in [2.75, 3.05) is 5.73 Å². The second-order valence-electron chi connectivity index (χ2n) is 6.97. The highest BCUT2D eigenvalue weighted by molar-refractivity contribution is 5.80. The van der Waals surface area contributed by atoms with Gasteiger partial charge in [-0.3, -0.25) is 0 Å². The monoisotopic (exact) mass is 343 g/mol. The highest BCUT2D eigenvalue weighted by atomic mass is 19.2. The number of rotatable bonds is 4. The van der Waals surface area contributed by atoms with Gasteiger partial charge in [-0.25, -0.2) is 13.8 Å². The van der Waals surface area contributed by atoms with Gasteiger partial charge in [-0.2, -0.15) is 0 Å². The van der Waals surface area contributed by atoms with Crippen molar-refractivity contribution < 1.29 is 13.5 Å². The molecule has 0 atom stereocenters. The zero-order chi connectivity index (χ0) is 17.8. The first-order valence-electron chi connectivity index (χ1n) is 8.27. The molecule has 130 valence electrons. The minimum Gasteiger partial charge on any atom is -0.480 e. The SMILES string of the molecule is CC(C)(Oc1ccc(F)c(F)c1)c1nc2cc(N)ccc2n1C1CC1. The van der Waals surface area contributed by atoms with E-state index in [1.54, 1.807) is 0 Å². The lowest BCUT2D eigenvalue weighted by Crippen LogP contribution is -2.29. The molecule has 2 aromatic carbocycles. The number of anilines is 1. The van der Waals surface area contributed by atoms with Crippen LogP contribution in [0.3, 0.4) is 0 Å². The molecule has 4 rings (SSSR count). The van der Waals surface area contributed by atoms with Gasteiger partial charge in [-0.1, -0.05) is 0 Å². The Morgan fingerprint density at radius 2 is 1.88 bits per heavy atom. The first-order valence-corrected chi connectivity index (χ1v) is 8.27. The molecule has 0 spiro atoms. The third-order valence-corrected chi connectivity index (χ3v) is 4.43. The highest BCUT2D eigenvalue weighted by Crippen LogP contribution is 2.42. The zero-order valence-corrected chi connectivity index (χ0v) is 14.1. The summed E-state index contributed by atoms with van der Waals surface area (Å²) in [6.07, 6.45) is 2.17. The van der Waals surface area contributed by atoms with Crippen LogP contribution in [0, 0.1) is 11.6 Å². The maximum Gasteiger partial charge on any atom is 0.162 e. The minimum atomic E-state index is -0.934. The molecule has 25 heavy (non-hydrogen) atoms. The number of nitrogens with zero attached hydrogens (tertiary/aromatic N) is 2. The molecule has 2 N–H and O–H groups in total. The molecule has 0 bridgehead atoms. The van der Waals surface area contributed by atoms with Gasteiger partial charge in [0.15, 0.2) is 23.1 Å². The van der Waals surface area contributed by atoms with Crippen molar-refractivity contribution in [1.82, 2.24) is 9.55 Å². The number of fused-ring (bicyclic) bond motifs is 1. The number of benzene rings is 2. The molecule has 1 fully saturated rings. The number of nitrogen functional groups attached to an aromatic ring is 1. The van der Waals surface area contributed by atoms with E-state index in [9.17, 15) is 8.78 Å². The van der Waals surface area contributed by atoms with E-state index in [1.165, 1.54) is 6.07 Å². The Hall–Kier alpha value is -2.63. The molecular weight excluding hydrogens is 324 g/mol. The normalized spacial score (nSPS) is 14.9. The lowest BCUT2D eigenvalue weighted by Gasteiger charge is -2.27. The molecule has 0 saturated heterocycles. The molecular formula is C19H19F2N3O. The summed E-state index contributed by atoms with van der Waals surface area (Å²) in [7, 11) is 0. The van der Waals surface area contributed by atoms with Gasteiger partial charge in [-0.15, -0.1) is 0 Å². The van der Waals surface area contributed by atoms with Crippen LogP contribution in [0.5, 0.6) is 5.75 Å². The van der Waals surface area contributed by atoms with Crippen LogP contribution in [0.15, 0.2) is 36.4 Å². The fourth-order valence-corrected chi connectivity index (χ4v) is 3.12. The Bertz CT molecular complexity index is 961. The van der Waals surface area contributed by atoms with Gasteiger partial charge in [0, 0.05) is 17.8 Å². The first kappa shape index (κ1) is 15.9. The van der Waals surface area contributed by atoms with Gasteiger partial charge in [-0.05, 0) is 57.0 Å². The van der Waals surface area contributed by atoms with Crippen LogP contribution in [0.2, 0.25) is 0 Å². The Balaban J connectivity index is 1.78. The lowest BCUT2D eigenvalue weighted by atomic mass is 10.1. The van der Waals surface area contributed by atoms with E-state index in [1.807, 2.05) is 32.0 Å². The predicted molar refractivity (Wildman–Crippen MR) is 92.4 cm³/mol. The number of imidazole rings is 1. The Labute approximate surface area is 144 Å². The van der Waals surface area contributed by atoms with E-state index in [2.05, 4.69) is 4.57 Å². The summed E-state index contributed by atoms with van der Waals surface area (Å²) < 4.78 is 34.8. The third kappa shape index (κ3) is 2.81. The number of nitrogens with two attached hydrogens (primary N) is 1. The fraction of sp³-hybridized carbons (Fsp3) is 0.316. The molecule has 1 aliphatic carbocycles. The van der Waals surface area contributed by atoms with Crippen LogP contribution < -0.4 is 10.5 Å². The van der Waals surface area contributed by atoms with E-state index in [0.29, 0.717) is 11.7 Å². The van der Waals surface area contributed by atoms with Crippen LogP contribution in [0.25, 0.3) is 11.0 Å². The molecule has 1 heterocycles. The summed E-state index contributed by atoms with van der Waals surface area (Å²) in [4.78, 5) is 4.73. The van der Waals surface area contributed by atoms with Crippen molar-refractivity contribution in [3.05, 3.63) is 53.9 Å². The molecule has 6 heteroatoms. The topological polar surface area (TPSA) is 53.1 Å². The standard InChI is InChI=1S/C19H19F2N3O/c1-19(2,25-13-6-7-14(20)15(21)10-13)18-23-16-9-11(22)3-8-17(16)24(18)12-4-5-12/h3,6-10,12H,4-5,22H2,1-2H3. The Morgan fingerprint density at radius 3 is 2.56 bits per heavy atom. The third-order valence-electron chi connectivity index (χ3n) is 4.43. The van der Waals surface area contributed by atoms with Crippen LogP contribution in [-0.4, -0.2) is 9.55 Å². The summed E-state index contributed by atoms with van der Waals surface area (Å²) in [5, 5.41) is 0. The Morgan fingerprint density at radius 1 is 1.12 bits per heavy atom. The molecule has 0 unspecified atom stereocenters. The van der Waals surface area contributed by atoms with Crippen molar-refractivity contribution in [2.24, 2.45) is 0 Å². The van der Waals surface area contributed by atoms with Crippen molar-refractivity contribution in [3.63, 3.8) is 0 Å². The van der Waals surface area contributed by atoms with E-state index < -0.39 is 17.2 Å². The fourth-order valence-electron chi connectivity index (χ4n) is 3.12. The van der Waals surface area contributed by atoms with Crippen molar-refractivity contribution in [2.45, 2.75) is 38.3 Å². The minimum absolute atomic E-state index is 0.262. The van der Waals surface area contributed by atoms with E-state index >= 15 is 0 Å². The molecule has 0 radical (unpaired) electrons. The number of halogens is 2. The predicted octanol–water partition coefficient (Wildman–Crippen LogP) is 4.55. The summed E-state index contributed by atoms with van der Waals surface area (Å²) >= 11 is 0. The largest absolute Gasteiger partial charge is 0.480 e. The molecule has 0 amide bonds. The quantitative estimate of drug-likeness (QED) is 0.707. The second-order valence-corrected chi connectivity index (χ2v) is 6.97. The maximum absolute atomic E-state index is 13.5. The molecule has 1 aromatic heterocycles. The molecule has 1 aliphatic rings. The van der Waals surface area contributed by atoms with Crippen LogP contribution in [0.4, 0.5) is 14.5 Å². The van der Waals surface area contributed by atoms with Gasteiger partial charge >= 0.3 is 0 Å². The Kier molecular flexibility index (Phi) is 3.45. The molecule has 3 aromatic rings. The van der Waals surface area contributed by atoms with Gasteiger partial charge in [0.25, 0.3) is 0 Å². The van der Waals surface area contributed by atoms with Crippen LogP contribution in [0.1, 0.15) is 38.6 Å². The number of hydrogen-bond acceptors (Lipinski definition) is 3.